The van der Waals surface area contributed by atoms with E-state index in [1.165, 1.54) is 0 Å². The molecule has 9 heteroatoms. The van der Waals surface area contributed by atoms with Crippen molar-refractivity contribution in [3.8, 4) is 5.75 Å². The van der Waals surface area contributed by atoms with Gasteiger partial charge in [0.1, 0.15) is 12.4 Å². The molecule has 236 valence electrons. The van der Waals surface area contributed by atoms with Gasteiger partial charge in [0.2, 0.25) is 0 Å². The molecule has 2 aliphatic rings. The molecule has 0 spiro atoms. The van der Waals surface area contributed by atoms with E-state index in [0.717, 1.165) is 93.6 Å². The molecule has 6 nitrogen and oxygen atoms in total. The number of rotatable bonds is 9. The molecular weight excluding hydrogens is 617 g/mol. The van der Waals surface area contributed by atoms with Gasteiger partial charge in [0.15, 0.2) is 0 Å². The number of hydrogen-bond acceptors (Lipinski definition) is 5. The number of nitrogens with zero attached hydrogens (tertiary/aromatic N) is 3. The van der Waals surface area contributed by atoms with Crippen molar-refractivity contribution in [3.05, 3.63) is 97.5 Å². The summed E-state index contributed by atoms with van der Waals surface area (Å²) in [7, 11) is 0. The van der Waals surface area contributed by atoms with Gasteiger partial charge in [0.25, 0.3) is 5.91 Å². The quantitative estimate of drug-likeness (QED) is 0.243. The van der Waals surface area contributed by atoms with Crippen LogP contribution in [0.15, 0.2) is 54.6 Å². The highest BCUT2D eigenvalue weighted by Crippen LogP contribution is 2.38. The van der Waals surface area contributed by atoms with Crippen LogP contribution in [-0.2, 0) is 23.2 Å². The van der Waals surface area contributed by atoms with Gasteiger partial charge in [0, 0.05) is 74.9 Å². The highest BCUT2D eigenvalue weighted by Gasteiger charge is 2.28. The van der Waals surface area contributed by atoms with Gasteiger partial charge in [-0.3, -0.25) is 14.6 Å². The maximum absolute atomic E-state index is 14.0. The first-order chi connectivity index (χ1) is 21.1. The minimum absolute atomic E-state index is 0.0664. The van der Waals surface area contributed by atoms with Crippen molar-refractivity contribution >= 4 is 40.7 Å². The summed E-state index contributed by atoms with van der Waals surface area (Å²) in [6.45, 7) is 15.7. The zero-order valence-corrected chi connectivity index (χ0v) is 28.1. The number of carbonyl (C=O) groups is 1. The third-order valence-corrected chi connectivity index (χ3v) is 9.38. The smallest absolute Gasteiger partial charge is 0.253 e. The van der Waals surface area contributed by atoms with Gasteiger partial charge >= 0.3 is 0 Å². The summed E-state index contributed by atoms with van der Waals surface area (Å²) in [5.41, 5.74) is 4.40. The Morgan fingerprint density at radius 2 is 1.43 bits per heavy atom. The first kappa shape index (κ1) is 33.1. The molecule has 0 N–H and O–H groups in total. The lowest BCUT2D eigenvalue weighted by Gasteiger charge is -2.36. The summed E-state index contributed by atoms with van der Waals surface area (Å²) in [4.78, 5) is 20.9. The third-order valence-electron chi connectivity index (χ3n) is 8.39. The van der Waals surface area contributed by atoms with Crippen LogP contribution in [0.1, 0.15) is 53.4 Å². The average Bonchev–Trinajstić information content (AvgIpc) is 3.02. The number of hydrogen-bond donors (Lipinski definition) is 0. The molecule has 2 heterocycles. The lowest BCUT2D eigenvalue weighted by molar-refractivity contribution is 0.0293. The number of carbonyl (C=O) groups excluding carboxylic acids is 1. The van der Waals surface area contributed by atoms with Gasteiger partial charge in [-0.05, 0) is 58.5 Å². The van der Waals surface area contributed by atoms with Crippen LogP contribution in [0.25, 0.3) is 0 Å². The predicted octanol–water partition coefficient (Wildman–Crippen LogP) is 7.20. The number of morpholine rings is 1. The molecule has 0 atom stereocenters. The third kappa shape index (κ3) is 8.68. The van der Waals surface area contributed by atoms with Crippen molar-refractivity contribution in [2.45, 2.75) is 39.2 Å². The lowest BCUT2D eigenvalue weighted by atomic mass is 9.83. The Hall–Kier alpha value is -2.32. The molecule has 0 aliphatic carbocycles. The van der Waals surface area contributed by atoms with Gasteiger partial charge in [-0.15, -0.1) is 0 Å². The van der Waals surface area contributed by atoms with E-state index in [4.69, 9.17) is 44.3 Å². The van der Waals surface area contributed by atoms with E-state index in [1.807, 2.05) is 53.4 Å². The molecular formula is C35H42Cl3N3O3. The van der Waals surface area contributed by atoms with E-state index in [2.05, 4.69) is 30.6 Å². The zero-order valence-electron chi connectivity index (χ0n) is 25.9. The Morgan fingerprint density at radius 1 is 0.795 bits per heavy atom. The van der Waals surface area contributed by atoms with Crippen LogP contribution < -0.4 is 4.74 Å². The van der Waals surface area contributed by atoms with Crippen molar-refractivity contribution in [2.75, 3.05) is 65.6 Å². The van der Waals surface area contributed by atoms with Crippen molar-refractivity contribution in [1.29, 1.82) is 0 Å². The number of piperazine rings is 1. The first-order valence-corrected chi connectivity index (χ1v) is 16.5. The Balaban J connectivity index is 1.38. The van der Waals surface area contributed by atoms with E-state index < -0.39 is 0 Å². The minimum atomic E-state index is -0.268. The predicted molar refractivity (Wildman–Crippen MR) is 180 cm³/mol. The summed E-state index contributed by atoms with van der Waals surface area (Å²) in [5.74, 6) is 0.861. The van der Waals surface area contributed by atoms with Crippen LogP contribution in [-0.4, -0.2) is 86.2 Å². The van der Waals surface area contributed by atoms with Crippen molar-refractivity contribution in [2.24, 2.45) is 0 Å². The molecule has 44 heavy (non-hydrogen) atoms. The topological polar surface area (TPSA) is 45.3 Å². The average molecular weight is 659 g/mol. The largest absolute Gasteiger partial charge is 0.488 e. The highest BCUT2D eigenvalue weighted by molar-refractivity contribution is 6.42. The summed E-state index contributed by atoms with van der Waals surface area (Å²) in [6, 6.07) is 17.4. The SMILES string of the molecule is CC(C)(C)c1cc(C(=O)N2CCN(CCN3CCOCC3)CC2)cc(Cc2ccc(Cl)cc2)c1OCc1ccc(Cl)c(Cl)c1. The van der Waals surface area contributed by atoms with Gasteiger partial charge in [-0.1, -0.05) is 73.8 Å². The zero-order chi connectivity index (χ0) is 31.3. The molecule has 0 aromatic heterocycles. The number of amides is 1. The van der Waals surface area contributed by atoms with Gasteiger partial charge in [-0.25, -0.2) is 0 Å². The van der Waals surface area contributed by atoms with Crippen LogP contribution >= 0.6 is 34.8 Å². The van der Waals surface area contributed by atoms with Crippen LogP contribution in [0.3, 0.4) is 0 Å². The summed E-state index contributed by atoms with van der Waals surface area (Å²) in [6.07, 6.45) is 0.605. The van der Waals surface area contributed by atoms with Gasteiger partial charge in [-0.2, -0.15) is 0 Å². The monoisotopic (exact) mass is 657 g/mol. The molecule has 0 bridgehead atoms. The molecule has 5 rings (SSSR count). The Bertz CT molecular complexity index is 1430. The van der Waals surface area contributed by atoms with Crippen molar-refractivity contribution in [3.63, 3.8) is 0 Å². The van der Waals surface area contributed by atoms with E-state index in [1.54, 1.807) is 6.07 Å². The molecule has 2 saturated heterocycles. The van der Waals surface area contributed by atoms with E-state index in [9.17, 15) is 4.79 Å². The molecule has 2 fully saturated rings. The van der Waals surface area contributed by atoms with Crippen molar-refractivity contribution in [1.82, 2.24) is 14.7 Å². The maximum atomic E-state index is 14.0. The van der Waals surface area contributed by atoms with E-state index in [-0.39, 0.29) is 11.3 Å². The maximum Gasteiger partial charge on any atom is 0.253 e. The van der Waals surface area contributed by atoms with Gasteiger partial charge in [0.05, 0.1) is 23.3 Å². The summed E-state index contributed by atoms with van der Waals surface area (Å²) in [5, 5.41) is 1.69. The molecule has 0 unspecified atom stereocenters. The Kier molecular flexibility index (Phi) is 11.2. The van der Waals surface area contributed by atoms with Crippen LogP contribution in [0, 0.1) is 0 Å². The molecule has 0 radical (unpaired) electrons. The van der Waals surface area contributed by atoms with Crippen LogP contribution in [0.5, 0.6) is 5.75 Å². The number of halogens is 3. The van der Waals surface area contributed by atoms with E-state index in [0.29, 0.717) is 33.7 Å². The molecule has 3 aromatic carbocycles. The van der Waals surface area contributed by atoms with Crippen molar-refractivity contribution < 1.29 is 14.3 Å². The molecule has 0 saturated carbocycles. The van der Waals surface area contributed by atoms with Crippen LogP contribution in [0.4, 0.5) is 0 Å². The fourth-order valence-electron chi connectivity index (χ4n) is 5.74. The van der Waals surface area contributed by atoms with Gasteiger partial charge < -0.3 is 14.4 Å². The highest BCUT2D eigenvalue weighted by atomic mass is 35.5. The summed E-state index contributed by atoms with van der Waals surface area (Å²) >= 11 is 18.6. The van der Waals surface area contributed by atoms with E-state index >= 15 is 0 Å². The molecule has 3 aromatic rings. The van der Waals surface area contributed by atoms with Crippen LogP contribution in [0.2, 0.25) is 15.1 Å². The second kappa shape index (κ2) is 14.8. The first-order valence-electron chi connectivity index (χ1n) is 15.4. The second-order valence-electron chi connectivity index (χ2n) is 12.7. The Morgan fingerprint density at radius 3 is 2.07 bits per heavy atom. The standard InChI is InChI=1S/C35H42Cl3N3O3/c1-35(2,3)30-23-28(34(42)41-14-12-39(13-15-41)10-11-40-16-18-43-19-17-40)22-27(20-25-4-7-29(36)8-5-25)33(30)44-24-26-6-9-31(37)32(38)21-26/h4-9,21-23H,10-20,24H2,1-3H3. The summed E-state index contributed by atoms with van der Waals surface area (Å²) < 4.78 is 12.0. The molecule has 1 amide bonds. The minimum Gasteiger partial charge on any atom is -0.488 e. The fourth-order valence-corrected chi connectivity index (χ4v) is 6.19. The Labute approximate surface area is 276 Å². The molecule has 2 aliphatic heterocycles. The fraction of sp³-hybridized carbons (Fsp3) is 0.457. The second-order valence-corrected chi connectivity index (χ2v) is 13.9. The lowest BCUT2D eigenvalue weighted by Crippen LogP contribution is -2.51. The number of ether oxygens (including phenoxy) is 2. The normalized spacial score (nSPS) is 16.7. The number of benzene rings is 3.